The lowest BCUT2D eigenvalue weighted by molar-refractivity contribution is 0.102. The van der Waals surface area contributed by atoms with Crippen molar-refractivity contribution in [1.82, 2.24) is 4.98 Å². The van der Waals surface area contributed by atoms with Crippen molar-refractivity contribution in [3.63, 3.8) is 0 Å². The average Bonchev–Trinajstić information content (AvgIpc) is 3.27. The number of hydrogen-bond acceptors (Lipinski definition) is 3. The minimum absolute atomic E-state index is 0.0766. The van der Waals surface area contributed by atoms with E-state index in [9.17, 15) is 4.79 Å². The van der Waals surface area contributed by atoms with Crippen molar-refractivity contribution in [3.8, 4) is 21.7 Å². The molecule has 28 heavy (non-hydrogen) atoms. The van der Waals surface area contributed by atoms with Gasteiger partial charge in [0.15, 0.2) is 5.13 Å². The second-order valence-corrected chi connectivity index (χ2v) is 8.55. The first-order valence-electron chi connectivity index (χ1n) is 9.74. The van der Waals surface area contributed by atoms with E-state index in [0.29, 0.717) is 5.13 Å². The van der Waals surface area contributed by atoms with E-state index in [1.807, 2.05) is 6.07 Å². The van der Waals surface area contributed by atoms with Crippen LogP contribution in [0.4, 0.5) is 5.13 Å². The third-order valence-electron chi connectivity index (χ3n) is 5.86. The highest BCUT2D eigenvalue weighted by Crippen LogP contribution is 2.50. The van der Waals surface area contributed by atoms with Crippen LogP contribution in [0.25, 0.3) is 32.5 Å². The Labute approximate surface area is 167 Å². The number of carbonyl (C=O) groups excluding carboxylic acids is 1. The Kier molecular flexibility index (Phi) is 3.44. The van der Waals surface area contributed by atoms with Crippen LogP contribution in [-0.2, 0) is 12.8 Å². The maximum atomic E-state index is 12.8. The molecule has 0 aliphatic heterocycles. The van der Waals surface area contributed by atoms with Crippen molar-refractivity contribution in [2.45, 2.75) is 25.7 Å². The van der Waals surface area contributed by atoms with Crippen molar-refractivity contribution in [3.05, 3.63) is 71.3 Å². The fourth-order valence-electron chi connectivity index (χ4n) is 4.51. The fourth-order valence-corrected chi connectivity index (χ4v) is 5.52. The smallest absolute Gasteiger partial charge is 0.257 e. The van der Waals surface area contributed by atoms with E-state index < -0.39 is 0 Å². The summed E-state index contributed by atoms with van der Waals surface area (Å²) in [5.41, 5.74) is 6.79. The molecule has 3 nitrogen and oxygen atoms in total. The zero-order valence-corrected chi connectivity index (χ0v) is 16.1. The van der Waals surface area contributed by atoms with Crippen LogP contribution in [0.5, 0.6) is 0 Å². The third kappa shape index (κ3) is 2.34. The van der Waals surface area contributed by atoms with E-state index in [0.717, 1.165) is 34.5 Å². The quantitative estimate of drug-likeness (QED) is 0.402. The second-order valence-electron chi connectivity index (χ2n) is 7.55. The molecule has 0 spiro atoms. The summed E-state index contributed by atoms with van der Waals surface area (Å²) in [5, 5.41) is 6.20. The van der Waals surface area contributed by atoms with Crippen molar-refractivity contribution in [1.29, 1.82) is 0 Å². The molecule has 4 heteroatoms. The van der Waals surface area contributed by atoms with E-state index in [1.54, 1.807) is 11.3 Å². The van der Waals surface area contributed by atoms with Crippen molar-refractivity contribution < 1.29 is 4.79 Å². The van der Waals surface area contributed by atoms with Crippen LogP contribution in [0.2, 0.25) is 0 Å². The minimum Gasteiger partial charge on any atom is -0.298 e. The molecule has 0 radical (unpaired) electrons. The zero-order chi connectivity index (χ0) is 18.7. The molecule has 0 unspecified atom stereocenters. The second kappa shape index (κ2) is 6.01. The lowest BCUT2D eigenvalue weighted by atomic mass is 9.90. The number of nitrogens with one attached hydrogen (secondary N) is 1. The van der Waals surface area contributed by atoms with Gasteiger partial charge in [-0.15, -0.1) is 0 Å². The summed E-state index contributed by atoms with van der Waals surface area (Å²) in [6.07, 6.45) is 4.66. The maximum absolute atomic E-state index is 12.8. The monoisotopic (exact) mass is 382 g/mol. The van der Waals surface area contributed by atoms with Crippen LogP contribution in [0.3, 0.4) is 0 Å². The van der Waals surface area contributed by atoms with Crippen LogP contribution in [0.15, 0.2) is 54.6 Å². The first kappa shape index (κ1) is 16.0. The molecule has 1 N–H and O–H groups in total. The summed E-state index contributed by atoms with van der Waals surface area (Å²) in [5.74, 6) is -0.0766. The number of thiazole rings is 1. The van der Waals surface area contributed by atoms with Gasteiger partial charge in [0.1, 0.15) is 0 Å². The Morgan fingerprint density at radius 2 is 1.71 bits per heavy atom. The van der Waals surface area contributed by atoms with Gasteiger partial charge in [-0.25, -0.2) is 4.98 Å². The summed E-state index contributed by atoms with van der Waals surface area (Å²) in [6, 6.07) is 18.8. The van der Waals surface area contributed by atoms with E-state index in [1.165, 1.54) is 40.3 Å². The predicted molar refractivity (Wildman–Crippen MR) is 115 cm³/mol. The van der Waals surface area contributed by atoms with E-state index in [4.69, 9.17) is 4.98 Å². The highest BCUT2D eigenvalue weighted by molar-refractivity contribution is 7.20. The van der Waals surface area contributed by atoms with Crippen LogP contribution < -0.4 is 5.32 Å². The summed E-state index contributed by atoms with van der Waals surface area (Å²) in [6.45, 7) is 0. The van der Waals surface area contributed by atoms with Gasteiger partial charge >= 0.3 is 0 Å². The van der Waals surface area contributed by atoms with Crippen LogP contribution in [-0.4, -0.2) is 10.9 Å². The van der Waals surface area contributed by atoms with Gasteiger partial charge in [0.25, 0.3) is 5.91 Å². The number of anilines is 1. The molecule has 0 bridgehead atoms. The van der Waals surface area contributed by atoms with Gasteiger partial charge in [0, 0.05) is 16.7 Å². The van der Waals surface area contributed by atoms with Gasteiger partial charge in [-0.3, -0.25) is 10.1 Å². The van der Waals surface area contributed by atoms with E-state index in [2.05, 4.69) is 53.8 Å². The molecule has 1 aromatic heterocycles. The molecule has 0 atom stereocenters. The van der Waals surface area contributed by atoms with Gasteiger partial charge in [0.2, 0.25) is 0 Å². The molecule has 1 heterocycles. The molecular weight excluding hydrogens is 364 g/mol. The van der Waals surface area contributed by atoms with Gasteiger partial charge < -0.3 is 0 Å². The molecule has 136 valence electrons. The summed E-state index contributed by atoms with van der Waals surface area (Å²) in [7, 11) is 0. The first-order valence-corrected chi connectivity index (χ1v) is 10.6. The van der Waals surface area contributed by atoms with Gasteiger partial charge in [-0.05, 0) is 59.7 Å². The molecule has 4 aromatic rings. The topological polar surface area (TPSA) is 42.0 Å². The average molecular weight is 382 g/mol. The van der Waals surface area contributed by atoms with Crippen LogP contribution in [0.1, 0.15) is 34.3 Å². The maximum Gasteiger partial charge on any atom is 0.257 e. The molecule has 0 fully saturated rings. The highest BCUT2D eigenvalue weighted by atomic mass is 32.1. The van der Waals surface area contributed by atoms with Gasteiger partial charge in [0.05, 0.1) is 10.6 Å². The van der Waals surface area contributed by atoms with E-state index in [-0.39, 0.29) is 5.91 Å². The number of carbonyl (C=O) groups is 1. The number of amides is 1. The van der Waals surface area contributed by atoms with Crippen molar-refractivity contribution in [2.24, 2.45) is 0 Å². The lowest BCUT2D eigenvalue weighted by Crippen LogP contribution is -2.13. The molecule has 3 aromatic carbocycles. The number of rotatable bonds is 2. The number of aromatic nitrogens is 1. The van der Waals surface area contributed by atoms with Crippen LogP contribution >= 0.6 is 11.3 Å². The normalized spacial score (nSPS) is 14.0. The summed E-state index contributed by atoms with van der Waals surface area (Å²) < 4.78 is 0. The third-order valence-corrected chi connectivity index (χ3v) is 6.87. The SMILES string of the molecule is O=C(Nc1nc2c(s1)-c1cccc3cccc-2c13)c1ccc2c(c1)CCCC2. The molecule has 2 aliphatic carbocycles. The van der Waals surface area contributed by atoms with Crippen molar-refractivity contribution >= 4 is 33.1 Å². The number of benzene rings is 3. The Morgan fingerprint density at radius 3 is 2.57 bits per heavy atom. The first-order chi connectivity index (χ1) is 13.8. The fraction of sp³-hybridized carbons (Fsp3) is 0.167. The summed E-state index contributed by atoms with van der Waals surface area (Å²) >= 11 is 1.56. The summed E-state index contributed by atoms with van der Waals surface area (Å²) in [4.78, 5) is 18.7. The predicted octanol–water partition coefficient (Wildman–Crippen LogP) is 6.07. The Hall–Kier alpha value is -2.98. The Balaban J connectivity index is 1.34. The van der Waals surface area contributed by atoms with Gasteiger partial charge in [-0.1, -0.05) is 53.8 Å². The van der Waals surface area contributed by atoms with Crippen LogP contribution in [0, 0.1) is 0 Å². The molecule has 6 rings (SSSR count). The standard InChI is InChI=1S/C24H18N2OS/c27-23(17-12-11-14-5-1-2-6-16(14)13-17)26-24-25-21-18-9-3-7-15-8-4-10-19(20(15)18)22(21)28-24/h3-4,7-13H,1-2,5-6H2,(H,25,26,27). The van der Waals surface area contributed by atoms with Gasteiger partial charge in [-0.2, -0.15) is 0 Å². The lowest BCUT2D eigenvalue weighted by Gasteiger charge is -2.16. The van der Waals surface area contributed by atoms with Crippen molar-refractivity contribution in [2.75, 3.05) is 5.32 Å². The zero-order valence-electron chi connectivity index (χ0n) is 15.3. The molecule has 1 amide bonds. The molecule has 2 aliphatic rings. The number of nitrogens with zero attached hydrogens (tertiary/aromatic N) is 1. The minimum atomic E-state index is -0.0766. The molecular formula is C24H18N2OS. The molecule has 0 saturated heterocycles. The number of hydrogen-bond donors (Lipinski definition) is 1. The largest absolute Gasteiger partial charge is 0.298 e. The Morgan fingerprint density at radius 1 is 0.929 bits per heavy atom. The molecule has 0 saturated carbocycles. The highest BCUT2D eigenvalue weighted by Gasteiger charge is 2.26. The Bertz CT molecular complexity index is 1210. The number of aryl methyl sites for hydroxylation is 2. The number of fused-ring (bicyclic) bond motifs is 4. The van der Waals surface area contributed by atoms with E-state index >= 15 is 0 Å².